The minimum absolute atomic E-state index is 0.251. The van der Waals surface area contributed by atoms with Gasteiger partial charge in [0.25, 0.3) is 0 Å². The van der Waals surface area contributed by atoms with E-state index in [1.54, 1.807) is 61.5 Å². The summed E-state index contributed by atoms with van der Waals surface area (Å²) >= 11 is 0. The second-order valence-corrected chi connectivity index (χ2v) is 21.4. The van der Waals surface area contributed by atoms with Gasteiger partial charge in [-0.1, -0.05) is 24.8 Å². The third-order valence-corrected chi connectivity index (χ3v) is 15.7. The molecule has 0 saturated heterocycles. The van der Waals surface area contributed by atoms with E-state index in [1.165, 1.54) is 0 Å². The predicted octanol–water partition coefficient (Wildman–Crippen LogP) is 6.59. The van der Waals surface area contributed by atoms with Crippen molar-refractivity contribution in [3.05, 3.63) is 44.9 Å². The Morgan fingerprint density at radius 2 is 0.829 bits per heavy atom. The molecule has 0 fully saturated rings. The molecule has 41 heavy (non-hydrogen) atoms. The topological polar surface area (TPSA) is 137 Å². The molecule has 0 amide bonds. The molecule has 3 rings (SSSR count). The van der Waals surface area contributed by atoms with E-state index in [0.29, 0.717) is 14.7 Å². The molecule has 0 aromatic heterocycles. The van der Waals surface area contributed by atoms with Gasteiger partial charge in [0.05, 0.1) is 21.0 Å². The van der Waals surface area contributed by atoms with Crippen molar-refractivity contribution in [2.75, 3.05) is 0 Å². The summed E-state index contributed by atoms with van der Waals surface area (Å²) in [7, 11) is -11.7. The maximum atomic E-state index is 11.6. The van der Waals surface area contributed by atoms with Crippen LogP contribution < -0.4 is 0 Å². The molecule has 0 atom stereocenters. The maximum Gasteiger partial charge on any atom is 0.176 e. The Morgan fingerprint density at radius 3 is 1.02 bits per heavy atom. The quantitative estimate of drug-likeness (QED) is 0.286. The molecule has 3 aliphatic carbocycles. The van der Waals surface area contributed by atoms with Crippen molar-refractivity contribution in [1.29, 1.82) is 0 Å². The minimum Gasteiger partial charge on any atom is -0.224 e. The van der Waals surface area contributed by atoms with Gasteiger partial charge in [0, 0.05) is 20.1 Å². The van der Waals surface area contributed by atoms with Gasteiger partial charge in [-0.3, -0.25) is 0 Å². The standard InChI is InChI=1S/C9H16O2S.C8H14O2S.C7H12O2S.C5H10O2S/c1-8(2)12(10,11)9-6-4-3-5-7-9;1-7(2)11(9,10)8-5-3-4-6-8;1-6(2)10(8,9)7-4-3-5-7;1-4-8(6,7)5(2)3/h6,8H,3-5,7H2,1-2H3;5,7H,3-4,6H2,1-2H3;4,6H,3,5H2,1-2H3;4-5H,1H2,2-3H3. The van der Waals surface area contributed by atoms with Crippen LogP contribution in [0.15, 0.2) is 44.9 Å². The second-order valence-electron chi connectivity index (χ2n) is 11.3. The number of sulfone groups is 4. The molecule has 240 valence electrons. The van der Waals surface area contributed by atoms with E-state index in [1.807, 2.05) is 12.2 Å². The number of allylic oxidation sites excluding steroid dienone is 6. The van der Waals surface area contributed by atoms with E-state index < -0.39 is 39.3 Å². The van der Waals surface area contributed by atoms with Crippen LogP contribution in [-0.2, 0) is 39.3 Å². The Balaban J connectivity index is 0.000000526. The zero-order valence-corrected chi connectivity index (χ0v) is 29.4. The van der Waals surface area contributed by atoms with Crippen LogP contribution in [0.1, 0.15) is 113 Å². The fraction of sp³-hybridized carbons (Fsp3) is 0.724. The van der Waals surface area contributed by atoms with Crippen LogP contribution in [-0.4, -0.2) is 54.7 Å². The molecule has 0 aromatic carbocycles. The summed E-state index contributed by atoms with van der Waals surface area (Å²) in [6, 6.07) is 0. The van der Waals surface area contributed by atoms with E-state index in [4.69, 9.17) is 0 Å². The maximum absolute atomic E-state index is 11.6. The van der Waals surface area contributed by atoms with Gasteiger partial charge in [-0.25, -0.2) is 33.7 Å². The molecule has 12 heteroatoms. The van der Waals surface area contributed by atoms with Crippen molar-refractivity contribution in [3.8, 4) is 0 Å². The summed E-state index contributed by atoms with van der Waals surface area (Å²) < 4.78 is 89.8. The van der Waals surface area contributed by atoms with E-state index in [9.17, 15) is 33.7 Å². The number of rotatable bonds is 8. The van der Waals surface area contributed by atoms with Crippen molar-refractivity contribution in [3.63, 3.8) is 0 Å². The molecule has 8 nitrogen and oxygen atoms in total. The zero-order valence-electron chi connectivity index (χ0n) is 26.1. The lowest BCUT2D eigenvalue weighted by atomic mass is 10.1. The summed E-state index contributed by atoms with van der Waals surface area (Å²) in [6.07, 6.45) is 13.8. The van der Waals surface area contributed by atoms with Gasteiger partial charge in [-0.15, -0.1) is 0 Å². The van der Waals surface area contributed by atoms with Crippen molar-refractivity contribution in [2.45, 2.75) is 134 Å². The number of hydrogen-bond acceptors (Lipinski definition) is 8. The Kier molecular flexibility index (Phi) is 16.6. The lowest BCUT2D eigenvalue weighted by molar-refractivity contribution is 0.586. The smallest absolute Gasteiger partial charge is 0.176 e. The molecular formula is C29H52O8S4. The van der Waals surface area contributed by atoms with Crippen LogP contribution >= 0.6 is 0 Å². The number of hydrogen-bond donors (Lipinski definition) is 0. The van der Waals surface area contributed by atoms with Crippen LogP contribution in [0.4, 0.5) is 0 Å². The minimum atomic E-state index is -2.97. The first-order chi connectivity index (χ1) is 18.6. The summed E-state index contributed by atoms with van der Waals surface area (Å²) in [5.74, 6) is 0. The van der Waals surface area contributed by atoms with Crippen LogP contribution in [0.2, 0.25) is 0 Å². The van der Waals surface area contributed by atoms with Crippen molar-refractivity contribution >= 4 is 39.3 Å². The van der Waals surface area contributed by atoms with Gasteiger partial charge in [0.2, 0.25) is 0 Å². The van der Waals surface area contributed by atoms with Gasteiger partial charge < -0.3 is 0 Å². The van der Waals surface area contributed by atoms with Gasteiger partial charge >= 0.3 is 0 Å². The van der Waals surface area contributed by atoms with E-state index >= 15 is 0 Å². The molecule has 0 bridgehead atoms. The van der Waals surface area contributed by atoms with Crippen molar-refractivity contribution in [1.82, 2.24) is 0 Å². The second kappa shape index (κ2) is 17.2. The average molecular weight is 657 g/mol. The van der Waals surface area contributed by atoms with Crippen molar-refractivity contribution < 1.29 is 33.7 Å². The van der Waals surface area contributed by atoms with E-state index in [-0.39, 0.29) is 21.0 Å². The zero-order chi connectivity index (χ0) is 32.2. The van der Waals surface area contributed by atoms with Gasteiger partial charge in [-0.05, 0) is 113 Å². The third kappa shape index (κ3) is 12.5. The molecule has 0 spiro atoms. The Bertz CT molecular complexity index is 1370. The summed E-state index contributed by atoms with van der Waals surface area (Å²) in [6.45, 7) is 16.8. The highest BCUT2D eigenvalue weighted by molar-refractivity contribution is 7.96. The Hall–Kier alpha value is -1.24. The van der Waals surface area contributed by atoms with Gasteiger partial charge in [0.1, 0.15) is 0 Å². The monoisotopic (exact) mass is 656 g/mol. The molecule has 3 aliphatic rings. The fourth-order valence-corrected chi connectivity index (χ4v) is 8.10. The first-order valence-electron chi connectivity index (χ1n) is 14.3. The molecule has 0 saturated carbocycles. The SMILES string of the molecule is C=CS(=O)(=O)C(C)C.CC(C)S(=O)(=O)C1=CCC1.CC(C)S(=O)(=O)C1=CCCC1.CC(C)S(=O)(=O)C1=CCCCC1. The fourth-order valence-electron chi connectivity index (χ4n) is 3.59. The largest absolute Gasteiger partial charge is 0.224 e. The van der Waals surface area contributed by atoms with E-state index in [0.717, 1.165) is 63.2 Å². The summed E-state index contributed by atoms with van der Waals surface area (Å²) in [5.41, 5.74) is 0. The van der Waals surface area contributed by atoms with Crippen LogP contribution in [0.3, 0.4) is 0 Å². The molecule has 0 aliphatic heterocycles. The average Bonchev–Trinajstić information content (AvgIpc) is 3.40. The first-order valence-corrected chi connectivity index (χ1v) is 20.6. The lowest BCUT2D eigenvalue weighted by Gasteiger charge is -2.16. The molecule has 0 radical (unpaired) electrons. The highest BCUT2D eigenvalue weighted by atomic mass is 32.2. The lowest BCUT2D eigenvalue weighted by Crippen LogP contribution is -2.18. The van der Waals surface area contributed by atoms with Crippen LogP contribution in [0.25, 0.3) is 0 Å². The normalized spacial score (nSPS) is 17.6. The molecular weight excluding hydrogens is 605 g/mol. The van der Waals surface area contributed by atoms with E-state index in [2.05, 4.69) is 6.58 Å². The molecule has 0 aromatic rings. The Labute approximate surface area is 251 Å². The third-order valence-electron chi connectivity index (χ3n) is 6.86. The molecule has 0 unspecified atom stereocenters. The predicted molar refractivity (Wildman–Crippen MR) is 172 cm³/mol. The van der Waals surface area contributed by atoms with Gasteiger partial charge in [-0.2, -0.15) is 0 Å². The van der Waals surface area contributed by atoms with Gasteiger partial charge in [0.15, 0.2) is 39.3 Å². The Morgan fingerprint density at radius 1 is 0.512 bits per heavy atom. The highest BCUT2D eigenvalue weighted by Gasteiger charge is 2.25. The highest BCUT2D eigenvalue weighted by Crippen LogP contribution is 2.27. The van der Waals surface area contributed by atoms with Crippen molar-refractivity contribution in [2.24, 2.45) is 0 Å². The molecule has 0 heterocycles. The molecule has 0 N–H and O–H groups in total. The van der Waals surface area contributed by atoms with Crippen LogP contribution in [0.5, 0.6) is 0 Å². The summed E-state index contributed by atoms with van der Waals surface area (Å²) in [4.78, 5) is 1.97. The summed E-state index contributed by atoms with van der Waals surface area (Å²) in [5, 5.41) is -0.120. The first kappa shape index (κ1) is 39.8. The van der Waals surface area contributed by atoms with Crippen LogP contribution in [0, 0.1) is 0 Å².